The summed E-state index contributed by atoms with van der Waals surface area (Å²) in [5, 5.41) is 13.0. The molecule has 7 nitrogen and oxygen atoms in total. The van der Waals surface area contributed by atoms with Crippen molar-refractivity contribution in [2.75, 3.05) is 31.1 Å². The Kier molecular flexibility index (Phi) is 3.70. The number of hydrogen-bond donors (Lipinski definition) is 0. The highest BCUT2D eigenvalue weighted by molar-refractivity contribution is 5.92. The molecule has 126 valence electrons. The molecule has 2 aliphatic rings. The summed E-state index contributed by atoms with van der Waals surface area (Å²) in [6.45, 7) is 4.89. The van der Waals surface area contributed by atoms with Crippen LogP contribution in [0.1, 0.15) is 33.9 Å². The lowest BCUT2D eigenvalue weighted by atomic mass is 10.2. The Morgan fingerprint density at radius 1 is 1.08 bits per heavy atom. The number of carbonyl (C=O) groups excluding carboxylic acids is 1. The van der Waals surface area contributed by atoms with E-state index in [0.717, 1.165) is 43.1 Å². The predicted molar refractivity (Wildman–Crippen MR) is 90.1 cm³/mol. The molecule has 0 saturated carbocycles. The van der Waals surface area contributed by atoms with Crippen molar-refractivity contribution in [3.63, 3.8) is 0 Å². The first-order valence-electron chi connectivity index (χ1n) is 8.52. The van der Waals surface area contributed by atoms with Gasteiger partial charge in [0.1, 0.15) is 0 Å². The lowest BCUT2D eigenvalue weighted by Crippen LogP contribution is -2.49. The van der Waals surface area contributed by atoms with Crippen LogP contribution in [-0.4, -0.2) is 57.0 Å². The molecule has 2 aromatic rings. The fourth-order valence-corrected chi connectivity index (χ4v) is 3.44. The van der Waals surface area contributed by atoms with Crippen LogP contribution in [0.5, 0.6) is 0 Å². The molecule has 1 fully saturated rings. The van der Waals surface area contributed by atoms with Gasteiger partial charge in [-0.2, -0.15) is 10.2 Å². The normalized spacial score (nSPS) is 17.2. The molecule has 1 aliphatic heterocycles. The molecule has 3 heterocycles. The third kappa shape index (κ3) is 2.64. The van der Waals surface area contributed by atoms with Crippen LogP contribution in [-0.2, 0) is 19.9 Å². The van der Waals surface area contributed by atoms with Crippen molar-refractivity contribution in [1.82, 2.24) is 24.9 Å². The van der Waals surface area contributed by atoms with Gasteiger partial charge in [-0.05, 0) is 43.9 Å². The van der Waals surface area contributed by atoms with Gasteiger partial charge in [-0.1, -0.05) is 0 Å². The molecule has 1 aliphatic carbocycles. The number of piperazine rings is 1. The SMILES string of the molecule is Cc1cc(C(=O)N2CCN(c3cc4c(nn3)CCC4)CC2)nn1C. The topological polar surface area (TPSA) is 67.2 Å². The van der Waals surface area contributed by atoms with E-state index in [1.54, 1.807) is 4.68 Å². The Hall–Kier alpha value is -2.44. The Balaban J connectivity index is 1.42. The smallest absolute Gasteiger partial charge is 0.274 e. The van der Waals surface area contributed by atoms with Crippen LogP contribution in [0.4, 0.5) is 5.82 Å². The minimum absolute atomic E-state index is 0.0124. The third-order valence-corrected chi connectivity index (χ3v) is 5.03. The van der Waals surface area contributed by atoms with Gasteiger partial charge in [-0.3, -0.25) is 9.48 Å². The maximum Gasteiger partial charge on any atom is 0.274 e. The molecule has 0 aromatic carbocycles. The molecule has 0 atom stereocenters. The maximum absolute atomic E-state index is 12.6. The molecule has 0 N–H and O–H groups in total. The largest absolute Gasteiger partial charge is 0.352 e. The van der Waals surface area contributed by atoms with Crippen LogP contribution >= 0.6 is 0 Å². The van der Waals surface area contributed by atoms with Crippen LogP contribution in [0.2, 0.25) is 0 Å². The molecule has 0 bridgehead atoms. The van der Waals surface area contributed by atoms with Crippen LogP contribution in [0, 0.1) is 6.92 Å². The molecule has 1 saturated heterocycles. The van der Waals surface area contributed by atoms with Gasteiger partial charge in [0.15, 0.2) is 11.5 Å². The summed E-state index contributed by atoms with van der Waals surface area (Å²) in [6.07, 6.45) is 3.34. The van der Waals surface area contributed by atoms with E-state index < -0.39 is 0 Å². The summed E-state index contributed by atoms with van der Waals surface area (Å²) < 4.78 is 1.74. The standard InChI is InChI=1S/C17H22N6O/c1-12-10-15(20-21(12)2)17(24)23-8-6-22(7-9-23)16-11-13-4-3-5-14(13)18-19-16/h10-11H,3-9H2,1-2H3. The van der Waals surface area contributed by atoms with Crippen molar-refractivity contribution in [3.8, 4) is 0 Å². The van der Waals surface area contributed by atoms with E-state index >= 15 is 0 Å². The molecular formula is C17H22N6O. The first kappa shape index (κ1) is 15.1. The zero-order valence-corrected chi connectivity index (χ0v) is 14.2. The number of amides is 1. The van der Waals surface area contributed by atoms with Crippen molar-refractivity contribution in [2.24, 2.45) is 7.05 Å². The van der Waals surface area contributed by atoms with Crippen molar-refractivity contribution >= 4 is 11.7 Å². The summed E-state index contributed by atoms with van der Waals surface area (Å²) in [6, 6.07) is 4.02. The van der Waals surface area contributed by atoms with Crippen molar-refractivity contribution < 1.29 is 4.79 Å². The average molecular weight is 326 g/mol. The summed E-state index contributed by atoms with van der Waals surface area (Å²) in [7, 11) is 1.86. The highest BCUT2D eigenvalue weighted by Crippen LogP contribution is 2.23. The van der Waals surface area contributed by atoms with E-state index in [0.29, 0.717) is 18.8 Å². The van der Waals surface area contributed by atoms with Gasteiger partial charge in [0.25, 0.3) is 5.91 Å². The highest BCUT2D eigenvalue weighted by Gasteiger charge is 2.25. The second kappa shape index (κ2) is 5.89. The lowest BCUT2D eigenvalue weighted by molar-refractivity contribution is 0.0739. The van der Waals surface area contributed by atoms with E-state index in [1.807, 2.05) is 24.9 Å². The predicted octanol–water partition coefficient (Wildman–Crippen LogP) is 0.970. The van der Waals surface area contributed by atoms with Crippen molar-refractivity contribution in [1.29, 1.82) is 0 Å². The number of carbonyl (C=O) groups is 1. The van der Waals surface area contributed by atoms with Gasteiger partial charge in [0.05, 0.1) is 5.69 Å². The number of hydrogen-bond acceptors (Lipinski definition) is 5. The molecular weight excluding hydrogens is 304 g/mol. The summed E-state index contributed by atoms with van der Waals surface area (Å²) in [5.41, 5.74) is 4.01. The fraction of sp³-hybridized carbons (Fsp3) is 0.529. The van der Waals surface area contributed by atoms with Crippen molar-refractivity contribution in [3.05, 3.63) is 34.8 Å². The molecule has 7 heteroatoms. The van der Waals surface area contributed by atoms with E-state index in [2.05, 4.69) is 26.3 Å². The Labute approximate surface area is 141 Å². The van der Waals surface area contributed by atoms with Crippen LogP contribution in [0.3, 0.4) is 0 Å². The van der Waals surface area contributed by atoms with E-state index in [-0.39, 0.29) is 5.91 Å². The second-order valence-corrected chi connectivity index (χ2v) is 6.60. The molecule has 0 radical (unpaired) electrons. The fourth-order valence-electron chi connectivity index (χ4n) is 3.44. The quantitative estimate of drug-likeness (QED) is 0.823. The first-order valence-corrected chi connectivity index (χ1v) is 8.52. The molecule has 0 spiro atoms. The van der Waals surface area contributed by atoms with E-state index in [9.17, 15) is 4.79 Å². The zero-order valence-electron chi connectivity index (χ0n) is 14.2. The Morgan fingerprint density at radius 3 is 2.58 bits per heavy atom. The Bertz CT molecular complexity index is 756. The zero-order chi connectivity index (χ0) is 16.7. The minimum Gasteiger partial charge on any atom is -0.352 e. The number of aromatic nitrogens is 4. The molecule has 2 aromatic heterocycles. The van der Waals surface area contributed by atoms with Crippen molar-refractivity contribution in [2.45, 2.75) is 26.2 Å². The second-order valence-electron chi connectivity index (χ2n) is 6.60. The van der Waals surface area contributed by atoms with Gasteiger partial charge in [0.2, 0.25) is 0 Å². The molecule has 24 heavy (non-hydrogen) atoms. The van der Waals surface area contributed by atoms with E-state index in [4.69, 9.17) is 0 Å². The highest BCUT2D eigenvalue weighted by atomic mass is 16.2. The Morgan fingerprint density at radius 2 is 1.88 bits per heavy atom. The number of fused-ring (bicyclic) bond motifs is 1. The minimum atomic E-state index is 0.0124. The number of rotatable bonds is 2. The first-order chi connectivity index (χ1) is 11.6. The van der Waals surface area contributed by atoms with Gasteiger partial charge < -0.3 is 9.80 Å². The summed E-state index contributed by atoms with van der Waals surface area (Å²) >= 11 is 0. The molecule has 0 unspecified atom stereocenters. The number of anilines is 1. The summed E-state index contributed by atoms with van der Waals surface area (Å²) in [4.78, 5) is 16.7. The molecule has 4 rings (SSSR count). The van der Waals surface area contributed by atoms with Gasteiger partial charge in [0, 0.05) is 38.9 Å². The lowest BCUT2D eigenvalue weighted by Gasteiger charge is -2.35. The average Bonchev–Trinajstić information content (AvgIpc) is 3.20. The molecule has 1 amide bonds. The monoisotopic (exact) mass is 326 g/mol. The third-order valence-electron chi connectivity index (χ3n) is 5.03. The van der Waals surface area contributed by atoms with Crippen LogP contribution in [0.25, 0.3) is 0 Å². The van der Waals surface area contributed by atoms with Gasteiger partial charge in [-0.25, -0.2) is 0 Å². The number of nitrogens with zero attached hydrogens (tertiary/aromatic N) is 6. The number of aryl methyl sites for hydroxylation is 4. The maximum atomic E-state index is 12.6. The van der Waals surface area contributed by atoms with E-state index in [1.165, 1.54) is 12.0 Å². The van der Waals surface area contributed by atoms with Crippen LogP contribution < -0.4 is 4.90 Å². The van der Waals surface area contributed by atoms with Gasteiger partial charge in [-0.15, -0.1) is 5.10 Å². The summed E-state index contributed by atoms with van der Waals surface area (Å²) in [5.74, 6) is 0.954. The van der Waals surface area contributed by atoms with Crippen LogP contribution in [0.15, 0.2) is 12.1 Å². The van der Waals surface area contributed by atoms with Gasteiger partial charge >= 0.3 is 0 Å².